The largest absolute Gasteiger partial charge is 1.00 e. The third-order valence-corrected chi connectivity index (χ3v) is 7.35. The second-order valence-electron chi connectivity index (χ2n) is 7.27. The Balaban J connectivity index is 0.000000529. The quantitative estimate of drug-likeness (QED) is 0.361. The van der Waals surface area contributed by atoms with Crippen molar-refractivity contribution in [2.24, 2.45) is 0 Å². The SMILES string of the molecule is C.C.CB1OB(C)OB(C)O1.Cc1ccnc2cc(C(=O)O)sc12.O=C([O-])c1cc2nccc(Cl)c2s1.[Li+]. The van der Waals surface area contributed by atoms with E-state index in [0.29, 0.717) is 20.1 Å². The number of fused-ring (bicyclic) bond motifs is 2. The molecule has 0 atom stereocenters. The van der Waals surface area contributed by atoms with Crippen LogP contribution >= 0.6 is 34.3 Å². The molecule has 9 nitrogen and oxygen atoms in total. The third kappa shape index (κ3) is 9.70. The van der Waals surface area contributed by atoms with Crippen molar-refractivity contribution in [3.8, 4) is 0 Å². The normalized spacial score (nSPS) is 12.2. The first-order chi connectivity index (χ1) is 16.5. The van der Waals surface area contributed by atoms with Crippen LogP contribution in [0.1, 0.15) is 39.8 Å². The Bertz CT molecular complexity index is 1250. The van der Waals surface area contributed by atoms with Gasteiger partial charge in [-0.25, -0.2) is 4.79 Å². The molecule has 0 amide bonds. The number of rotatable bonds is 2. The van der Waals surface area contributed by atoms with Crippen molar-refractivity contribution in [1.29, 1.82) is 0 Å². The molecule has 1 saturated heterocycles. The molecule has 0 aliphatic carbocycles. The van der Waals surface area contributed by atoms with Crippen LogP contribution in [0, 0.1) is 6.92 Å². The Labute approximate surface area is 248 Å². The van der Waals surface area contributed by atoms with Gasteiger partial charge in [-0.05, 0) is 57.2 Å². The molecular weight excluding hydrogens is 543 g/mol. The summed E-state index contributed by atoms with van der Waals surface area (Å²) in [6.45, 7) is 7.52. The Hall–Kier alpha value is -1.88. The van der Waals surface area contributed by atoms with E-state index < -0.39 is 11.9 Å². The number of carbonyl (C=O) groups is 2. The van der Waals surface area contributed by atoms with Gasteiger partial charge in [0.1, 0.15) is 4.88 Å². The van der Waals surface area contributed by atoms with E-state index in [0.717, 1.165) is 27.1 Å². The van der Waals surface area contributed by atoms with Crippen LogP contribution in [-0.4, -0.2) is 48.4 Å². The molecule has 0 saturated carbocycles. The van der Waals surface area contributed by atoms with E-state index in [1.807, 2.05) is 33.5 Å². The molecule has 16 heteroatoms. The first-order valence-electron chi connectivity index (χ1n) is 10.4. The molecular formula is C22H27B3ClLiN2O7S2. The van der Waals surface area contributed by atoms with Gasteiger partial charge in [0.25, 0.3) is 0 Å². The molecule has 4 aromatic rings. The number of aryl methyl sites for hydroxylation is 1. The fourth-order valence-electron chi connectivity index (χ4n) is 3.08. The van der Waals surface area contributed by atoms with Gasteiger partial charge in [0.05, 0.1) is 36.3 Å². The molecule has 0 radical (unpaired) electrons. The zero-order chi connectivity index (χ0) is 25.7. The molecule has 0 unspecified atom stereocenters. The maximum Gasteiger partial charge on any atom is 1.00 e. The summed E-state index contributed by atoms with van der Waals surface area (Å²) in [6, 6.07) is 6.57. The minimum Gasteiger partial charge on any atom is -0.544 e. The van der Waals surface area contributed by atoms with Gasteiger partial charge in [-0.3, -0.25) is 9.97 Å². The summed E-state index contributed by atoms with van der Waals surface area (Å²) in [5.74, 6) is -2.08. The van der Waals surface area contributed by atoms with E-state index in [4.69, 9.17) is 30.4 Å². The van der Waals surface area contributed by atoms with Crippen molar-refractivity contribution in [2.75, 3.05) is 0 Å². The van der Waals surface area contributed by atoms with E-state index in [2.05, 4.69) is 9.97 Å². The number of hydrogen-bond acceptors (Lipinski definition) is 10. The zero-order valence-corrected chi connectivity index (χ0v) is 22.6. The van der Waals surface area contributed by atoms with Crippen molar-refractivity contribution in [3.63, 3.8) is 0 Å². The smallest absolute Gasteiger partial charge is 0.544 e. The number of aromatic nitrogens is 2. The van der Waals surface area contributed by atoms with Gasteiger partial charge in [-0.2, -0.15) is 0 Å². The molecule has 196 valence electrons. The minimum absolute atomic E-state index is 0. The second kappa shape index (κ2) is 16.3. The number of pyridine rings is 2. The summed E-state index contributed by atoms with van der Waals surface area (Å²) >= 11 is 8.18. The van der Waals surface area contributed by atoms with Gasteiger partial charge >= 0.3 is 46.2 Å². The van der Waals surface area contributed by atoms with Gasteiger partial charge < -0.3 is 28.7 Å². The van der Waals surface area contributed by atoms with Crippen molar-refractivity contribution >= 4 is 88.0 Å². The summed E-state index contributed by atoms with van der Waals surface area (Å²) in [6.07, 6.45) is 3.23. The van der Waals surface area contributed by atoms with Crippen LogP contribution in [-0.2, 0) is 13.7 Å². The predicted molar refractivity (Wildman–Crippen MR) is 152 cm³/mol. The number of aromatic carboxylic acids is 2. The molecule has 1 aliphatic rings. The van der Waals surface area contributed by atoms with Crippen LogP contribution < -0.4 is 24.0 Å². The van der Waals surface area contributed by atoms with Crippen LogP contribution in [0.25, 0.3) is 20.4 Å². The number of carboxylic acid groups (broad SMARTS) is 2. The molecule has 0 aromatic carbocycles. The number of hydrogen-bond donors (Lipinski definition) is 1. The summed E-state index contributed by atoms with van der Waals surface area (Å²) in [5.41, 5.74) is 2.43. The fourth-order valence-corrected chi connectivity index (χ4v) is 5.13. The number of carbonyl (C=O) groups excluding carboxylic acids is 1. The summed E-state index contributed by atoms with van der Waals surface area (Å²) < 4.78 is 17.0. The Morgan fingerprint density at radius 1 is 0.895 bits per heavy atom. The summed E-state index contributed by atoms with van der Waals surface area (Å²) in [5, 5.41) is 19.8. The van der Waals surface area contributed by atoms with Crippen LogP contribution in [0.2, 0.25) is 25.5 Å². The molecule has 5 heterocycles. The molecule has 38 heavy (non-hydrogen) atoms. The molecule has 1 aliphatic heterocycles. The first-order valence-corrected chi connectivity index (χ1v) is 12.4. The van der Waals surface area contributed by atoms with Crippen LogP contribution in [0.5, 0.6) is 0 Å². The number of halogens is 1. The average Bonchev–Trinajstić information content (AvgIpc) is 3.40. The van der Waals surface area contributed by atoms with Crippen LogP contribution in [0.3, 0.4) is 0 Å². The van der Waals surface area contributed by atoms with Crippen molar-refractivity contribution in [2.45, 2.75) is 42.2 Å². The van der Waals surface area contributed by atoms with Crippen molar-refractivity contribution in [3.05, 3.63) is 57.0 Å². The molecule has 0 bridgehead atoms. The molecule has 4 aromatic heterocycles. The molecule has 1 fully saturated rings. The van der Waals surface area contributed by atoms with Gasteiger partial charge in [0.2, 0.25) is 0 Å². The van der Waals surface area contributed by atoms with E-state index >= 15 is 0 Å². The summed E-state index contributed by atoms with van der Waals surface area (Å²) in [4.78, 5) is 29.7. The second-order valence-corrected chi connectivity index (χ2v) is 9.79. The Morgan fingerprint density at radius 3 is 1.79 bits per heavy atom. The molecule has 1 N–H and O–H groups in total. The number of nitrogens with zero attached hydrogens (tertiary/aromatic N) is 2. The zero-order valence-electron chi connectivity index (χ0n) is 20.2. The van der Waals surface area contributed by atoms with E-state index in [-0.39, 0.29) is 59.9 Å². The number of thiophene rings is 2. The monoisotopic (exact) mass is 570 g/mol. The standard InChI is InChI=1S/C9H7NO2S.C8H4ClNO2S.C3H9B3O3.2CH4.Li/c1-5-2-3-10-6-4-7(9(11)12)13-8(5)6;9-4-1-2-10-5-3-6(8(11)12)13-7(4)5;1-4-7-5(2)9-6(3)8-4;;;/h2-4H,1H3,(H,11,12);1-3H,(H,11,12);1-3H3;2*1H4;/q;;;;;+1/p-1. The van der Waals surface area contributed by atoms with E-state index in [9.17, 15) is 14.7 Å². The van der Waals surface area contributed by atoms with Gasteiger partial charge in [-0.15, -0.1) is 22.7 Å². The average molecular weight is 570 g/mol. The molecule has 5 rings (SSSR count). The van der Waals surface area contributed by atoms with Crippen LogP contribution in [0.4, 0.5) is 0 Å². The van der Waals surface area contributed by atoms with Gasteiger partial charge in [-0.1, -0.05) is 26.5 Å². The van der Waals surface area contributed by atoms with Gasteiger partial charge in [0.15, 0.2) is 0 Å². The predicted octanol–water partition coefficient (Wildman–Crippen LogP) is 2.30. The molecule has 0 spiro atoms. The number of carboxylic acids is 2. The summed E-state index contributed by atoms with van der Waals surface area (Å²) in [7, 11) is -0.406. The Kier molecular flexibility index (Phi) is 15.5. The van der Waals surface area contributed by atoms with E-state index in [1.165, 1.54) is 23.6 Å². The van der Waals surface area contributed by atoms with Gasteiger partial charge in [0, 0.05) is 12.4 Å². The topological polar surface area (TPSA) is 131 Å². The van der Waals surface area contributed by atoms with E-state index in [1.54, 1.807) is 18.3 Å². The maximum absolute atomic E-state index is 10.7. The van der Waals surface area contributed by atoms with Crippen LogP contribution in [0.15, 0.2) is 36.7 Å². The minimum atomic E-state index is -1.20. The van der Waals surface area contributed by atoms with Crippen molar-refractivity contribution < 1.29 is 52.4 Å². The third-order valence-electron chi connectivity index (χ3n) is 4.53. The Morgan fingerprint density at radius 2 is 1.34 bits per heavy atom. The fraction of sp³-hybridized carbons (Fsp3) is 0.273. The first kappa shape index (κ1) is 36.1. The van der Waals surface area contributed by atoms with Crippen molar-refractivity contribution in [1.82, 2.24) is 9.97 Å². The maximum atomic E-state index is 10.7.